The molecule has 0 aliphatic rings. The van der Waals surface area contributed by atoms with Gasteiger partial charge in [-0.2, -0.15) is 5.10 Å². The van der Waals surface area contributed by atoms with Gasteiger partial charge in [0.25, 0.3) is 0 Å². The molecule has 0 saturated heterocycles. The van der Waals surface area contributed by atoms with Crippen LogP contribution in [0.4, 0.5) is 0 Å². The molecule has 0 bridgehead atoms. The van der Waals surface area contributed by atoms with Gasteiger partial charge >= 0.3 is 0 Å². The number of hydrogen-bond acceptors (Lipinski definition) is 2. The van der Waals surface area contributed by atoms with E-state index in [-0.39, 0.29) is 0 Å². The van der Waals surface area contributed by atoms with E-state index in [0.29, 0.717) is 5.02 Å². The Morgan fingerprint density at radius 2 is 2.05 bits per heavy atom. The topological polar surface area (TPSA) is 43.0 Å². The van der Waals surface area contributed by atoms with Gasteiger partial charge in [-0.15, -0.1) is 0 Å². The molecule has 104 valence electrons. The minimum Gasteiger partial charge on any atom is -0.388 e. The molecule has 2 heterocycles. The number of benzene rings is 1. The summed E-state index contributed by atoms with van der Waals surface area (Å²) in [6.07, 6.45) is 1.41. The van der Waals surface area contributed by atoms with Gasteiger partial charge in [0.15, 0.2) is 0 Å². The van der Waals surface area contributed by atoms with E-state index < -0.39 is 6.10 Å². The number of rotatable bonds is 2. The predicted molar refractivity (Wildman–Crippen MR) is 80.4 cm³/mol. The van der Waals surface area contributed by atoms with E-state index in [1.54, 1.807) is 11.6 Å². The average molecular weight is 290 g/mol. The molecule has 0 fully saturated rings. The van der Waals surface area contributed by atoms with E-state index in [4.69, 9.17) is 11.6 Å². The summed E-state index contributed by atoms with van der Waals surface area (Å²) in [5.41, 5.74) is 2.73. The Balaban J connectivity index is 2.31. The Bertz CT molecular complexity index is 786. The van der Waals surface area contributed by atoms with E-state index in [9.17, 15) is 5.11 Å². The number of nitrogens with zero attached hydrogens (tertiary/aromatic N) is 3. The van der Waals surface area contributed by atoms with E-state index in [2.05, 4.69) is 5.10 Å². The third-order valence-corrected chi connectivity index (χ3v) is 3.77. The average Bonchev–Trinajstić information content (AvgIpc) is 2.89. The van der Waals surface area contributed by atoms with Gasteiger partial charge in [-0.25, -0.2) is 0 Å². The van der Waals surface area contributed by atoms with Crippen molar-refractivity contribution in [1.29, 1.82) is 0 Å². The molecule has 4 nitrogen and oxygen atoms in total. The largest absolute Gasteiger partial charge is 0.388 e. The summed E-state index contributed by atoms with van der Waals surface area (Å²) >= 11 is 6.02. The van der Waals surface area contributed by atoms with Gasteiger partial charge in [0.05, 0.1) is 17.3 Å². The number of fused-ring (bicyclic) bond motifs is 1. The first kappa shape index (κ1) is 13.2. The molecule has 1 unspecified atom stereocenters. The molecule has 2 aromatic heterocycles. The number of aromatic nitrogens is 3. The summed E-state index contributed by atoms with van der Waals surface area (Å²) < 4.78 is 3.83. The van der Waals surface area contributed by atoms with Gasteiger partial charge in [-0.1, -0.05) is 11.6 Å². The Hall–Kier alpha value is -1.78. The fourth-order valence-corrected chi connectivity index (χ4v) is 2.92. The normalized spacial score (nSPS) is 13.1. The minimum atomic E-state index is -0.566. The van der Waals surface area contributed by atoms with E-state index in [1.165, 1.54) is 0 Å². The summed E-state index contributed by atoms with van der Waals surface area (Å²) in [6.45, 7) is 3.67. The standard InChI is InChI=1S/C15H16ClN3O/c1-9-14(10(2)20)15(18(3)17-9)19-7-6-11-8-12(16)4-5-13(11)19/h4-8,10,20H,1-3H3. The monoisotopic (exact) mass is 289 g/mol. The van der Waals surface area contributed by atoms with Crippen molar-refractivity contribution in [3.8, 4) is 5.82 Å². The molecular formula is C15H16ClN3O. The van der Waals surface area contributed by atoms with Crippen molar-refractivity contribution in [1.82, 2.24) is 14.3 Å². The van der Waals surface area contributed by atoms with Crippen LogP contribution in [0.25, 0.3) is 16.7 Å². The second-order valence-corrected chi connectivity index (χ2v) is 5.45. The Kier molecular flexibility index (Phi) is 3.07. The Morgan fingerprint density at radius 1 is 1.30 bits per heavy atom. The Labute approximate surface area is 122 Å². The van der Waals surface area contributed by atoms with Crippen LogP contribution >= 0.6 is 11.6 Å². The third-order valence-electron chi connectivity index (χ3n) is 3.54. The number of hydrogen-bond donors (Lipinski definition) is 1. The van der Waals surface area contributed by atoms with Crippen molar-refractivity contribution in [2.75, 3.05) is 0 Å². The lowest BCUT2D eigenvalue weighted by Gasteiger charge is -2.11. The molecule has 20 heavy (non-hydrogen) atoms. The van der Waals surface area contributed by atoms with Crippen LogP contribution in [0.1, 0.15) is 24.3 Å². The summed E-state index contributed by atoms with van der Waals surface area (Å²) in [6, 6.07) is 7.78. The molecule has 0 aliphatic carbocycles. The highest BCUT2D eigenvalue weighted by Gasteiger charge is 2.19. The number of aryl methyl sites for hydroxylation is 2. The molecule has 0 spiro atoms. The summed E-state index contributed by atoms with van der Waals surface area (Å²) in [5.74, 6) is 0.884. The molecule has 0 radical (unpaired) electrons. The fraction of sp³-hybridized carbons (Fsp3) is 0.267. The van der Waals surface area contributed by atoms with Gasteiger partial charge in [0.2, 0.25) is 0 Å². The summed E-state index contributed by atoms with van der Waals surface area (Å²) in [7, 11) is 1.88. The van der Waals surface area contributed by atoms with Gasteiger partial charge in [-0.3, -0.25) is 4.68 Å². The van der Waals surface area contributed by atoms with E-state index in [1.807, 2.05) is 49.0 Å². The molecule has 1 atom stereocenters. The fourth-order valence-electron chi connectivity index (χ4n) is 2.74. The van der Waals surface area contributed by atoms with Gasteiger partial charge in [0, 0.05) is 29.2 Å². The lowest BCUT2D eigenvalue weighted by atomic mass is 10.1. The van der Waals surface area contributed by atoms with Crippen LogP contribution in [-0.4, -0.2) is 19.5 Å². The molecule has 0 aliphatic heterocycles. The number of aliphatic hydroxyl groups excluding tert-OH is 1. The van der Waals surface area contributed by atoms with Crippen LogP contribution in [-0.2, 0) is 7.05 Å². The maximum Gasteiger partial charge on any atom is 0.141 e. The van der Waals surface area contributed by atoms with Gasteiger partial charge < -0.3 is 9.67 Å². The van der Waals surface area contributed by atoms with Crippen LogP contribution < -0.4 is 0 Å². The van der Waals surface area contributed by atoms with Crippen molar-refractivity contribution in [2.24, 2.45) is 7.05 Å². The van der Waals surface area contributed by atoms with Gasteiger partial charge in [-0.05, 0) is 38.1 Å². The maximum atomic E-state index is 10.0. The lowest BCUT2D eigenvalue weighted by Crippen LogP contribution is -2.05. The molecule has 0 amide bonds. The Morgan fingerprint density at radius 3 is 2.75 bits per heavy atom. The minimum absolute atomic E-state index is 0.566. The number of aliphatic hydroxyl groups is 1. The molecule has 3 aromatic rings. The smallest absolute Gasteiger partial charge is 0.141 e. The predicted octanol–water partition coefficient (Wildman–Crippen LogP) is 3.38. The molecule has 1 N–H and O–H groups in total. The first-order valence-corrected chi connectivity index (χ1v) is 6.85. The van der Waals surface area contributed by atoms with Crippen molar-refractivity contribution in [3.63, 3.8) is 0 Å². The van der Waals surface area contributed by atoms with Crippen LogP contribution in [0.2, 0.25) is 5.02 Å². The van der Waals surface area contributed by atoms with Crippen LogP contribution in [0.3, 0.4) is 0 Å². The van der Waals surface area contributed by atoms with Crippen LogP contribution in [0.5, 0.6) is 0 Å². The maximum absolute atomic E-state index is 10.0. The van der Waals surface area contributed by atoms with Crippen molar-refractivity contribution < 1.29 is 5.11 Å². The van der Waals surface area contributed by atoms with E-state index in [0.717, 1.165) is 28.0 Å². The third kappa shape index (κ3) is 1.92. The molecule has 3 rings (SSSR count). The molecule has 0 saturated carbocycles. The first-order valence-electron chi connectivity index (χ1n) is 6.47. The summed E-state index contributed by atoms with van der Waals surface area (Å²) in [4.78, 5) is 0. The zero-order valence-corrected chi connectivity index (χ0v) is 12.4. The quantitative estimate of drug-likeness (QED) is 0.786. The zero-order chi connectivity index (χ0) is 14.4. The number of halogens is 1. The SMILES string of the molecule is Cc1nn(C)c(-n2ccc3cc(Cl)ccc32)c1C(C)O. The zero-order valence-electron chi connectivity index (χ0n) is 11.6. The highest BCUT2D eigenvalue weighted by Crippen LogP contribution is 2.29. The molecule has 1 aromatic carbocycles. The first-order chi connectivity index (χ1) is 9.49. The molecule has 5 heteroatoms. The summed E-state index contributed by atoms with van der Waals surface area (Å²) in [5, 5.41) is 16.2. The van der Waals surface area contributed by atoms with E-state index >= 15 is 0 Å². The second kappa shape index (κ2) is 4.65. The van der Waals surface area contributed by atoms with Crippen LogP contribution in [0.15, 0.2) is 30.5 Å². The highest BCUT2D eigenvalue weighted by molar-refractivity contribution is 6.31. The van der Waals surface area contributed by atoms with Gasteiger partial charge in [0.1, 0.15) is 5.82 Å². The lowest BCUT2D eigenvalue weighted by molar-refractivity contribution is 0.198. The van der Waals surface area contributed by atoms with Crippen molar-refractivity contribution in [3.05, 3.63) is 46.7 Å². The molecular weight excluding hydrogens is 274 g/mol. The highest BCUT2D eigenvalue weighted by atomic mass is 35.5. The second-order valence-electron chi connectivity index (χ2n) is 5.01. The van der Waals surface area contributed by atoms with Crippen molar-refractivity contribution in [2.45, 2.75) is 20.0 Å². The van der Waals surface area contributed by atoms with Crippen LogP contribution in [0, 0.1) is 6.92 Å². The van der Waals surface area contributed by atoms with Crippen molar-refractivity contribution >= 4 is 22.5 Å².